The molecule has 9 heteroatoms. The number of hydrogen-bond donors (Lipinski definition) is 0. The van der Waals surface area contributed by atoms with Crippen molar-refractivity contribution in [1.29, 1.82) is 0 Å². The quantitative estimate of drug-likeness (QED) is 0.270. The van der Waals surface area contributed by atoms with Crippen molar-refractivity contribution in [2.24, 2.45) is 0 Å². The topological polar surface area (TPSA) is 110 Å². The molecule has 0 saturated heterocycles. The van der Waals surface area contributed by atoms with Gasteiger partial charge in [0.2, 0.25) is 5.91 Å². The van der Waals surface area contributed by atoms with Crippen LogP contribution in [0.15, 0.2) is 91.1 Å². The SMILES string of the molecule is CC(=O)n1cc([C@H]2C(C(=O)OCc3ccccc3)=[N+]([O-])O[C@H]2C(=O)OCc2ccccc2)c2ccccc21. The van der Waals surface area contributed by atoms with Crippen molar-refractivity contribution in [2.75, 3.05) is 0 Å². The van der Waals surface area contributed by atoms with Gasteiger partial charge in [-0.15, -0.1) is 0 Å². The summed E-state index contributed by atoms with van der Waals surface area (Å²) in [5.41, 5.74) is 2.01. The minimum absolute atomic E-state index is 0.0202. The fraction of sp³-hybridized carbons (Fsp3) is 0.172. The van der Waals surface area contributed by atoms with Crippen molar-refractivity contribution in [3.63, 3.8) is 0 Å². The molecule has 0 N–H and O–H groups in total. The summed E-state index contributed by atoms with van der Waals surface area (Å²) >= 11 is 0. The number of benzene rings is 3. The van der Waals surface area contributed by atoms with E-state index in [4.69, 9.17) is 14.3 Å². The van der Waals surface area contributed by atoms with Crippen LogP contribution in [0.1, 0.15) is 34.3 Å². The minimum Gasteiger partial charge on any atom is -0.460 e. The second kappa shape index (κ2) is 10.6. The Morgan fingerprint density at radius 1 is 0.868 bits per heavy atom. The fourth-order valence-electron chi connectivity index (χ4n) is 4.49. The molecule has 0 amide bonds. The Balaban J connectivity index is 1.51. The number of aromatic nitrogens is 1. The molecule has 0 fully saturated rings. The largest absolute Gasteiger partial charge is 0.460 e. The molecule has 0 aliphatic carbocycles. The molecule has 1 aliphatic rings. The Kier molecular flexibility index (Phi) is 6.90. The number of esters is 2. The second-order valence-electron chi connectivity index (χ2n) is 8.79. The zero-order chi connectivity index (χ0) is 26.6. The molecule has 9 nitrogen and oxygen atoms in total. The lowest BCUT2D eigenvalue weighted by Crippen LogP contribution is -2.34. The molecule has 0 bridgehead atoms. The lowest BCUT2D eigenvalue weighted by atomic mass is 9.89. The van der Waals surface area contributed by atoms with E-state index in [0.29, 0.717) is 16.5 Å². The van der Waals surface area contributed by atoms with Crippen LogP contribution in [0.5, 0.6) is 0 Å². The van der Waals surface area contributed by atoms with Crippen molar-refractivity contribution in [3.05, 3.63) is 113 Å². The van der Waals surface area contributed by atoms with E-state index in [9.17, 15) is 19.6 Å². The third-order valence-electron chi connectivity index (χ3n) is 6.30. The molecule has 2 heterocycles. The van der Waals surface area contributed by atoms with E-state index in [2.05, 4.69) is 0 Å². The Morgan fingerprint density at radius 2 is 1.45 bits per heavy atom. The lowest BCUT2D eigenvalue weighted by molar-refractivity contribution is -0.736. The first-order valence-electron chi connectivity index (χ1n) is 12.0. The van der Waals surface area contributed by atoms with Gasteiger partial charge in [-0.1, -0.05) is 78.9 Å². The Bertz CT molecular complexity index is 1530. The van der Waals surface area contributed by atoms with E-state index >= 15 is 0 Å². The third-order valence-corrected chi connectivity index (χ3v) is 6.30. The highest BCUT2D eigenvalue weighted by Crippen LogP contribution is 2.36. The molecule has 1 aliphatic heterocycles. The van der Waals surface area contributed by atoms with Gasteiger partial charge in [0.05, 0.1) is 10.4 Å². The van der Waals surface area contributed by atoms with Gasteiger partial charge in [-0.05, 0) is 22.8 Å². The summed E-state index contributed by atoms with van der Waals surface area (Å²) < 4.78 is 12.3. The van der Waals surface area contributed by atoms with Crippen molar-refractivity contribution < 1.29 is 33.6 Å². The summed E-state index contributed by atoms with van der Waals surface area (Å²) in [5.74, 6) is -3.22. The van der Waals surface area contributed by atoms with E-state index in [-0.39, 0.29) is 24.0 Å². The van der Waals surface area contributed by atoms with E-state index < -0.39 is 29.7 Å². The molecule has 3 aromatic carbocycles. The Hall–Kier alpha value is -4.92. The van der Waals surface area contributed by atoms with Crippen LogP contribution in [0, 0.1) is 5.21 Å². The number of para-hydroxylation sites is 1. The minimum atomic E-state index is -1.47. The van der Waals surface area contributed by atoms with E-state index in [1.807, 2.05) is 24.3 Å². The highest BCUT2D eigenvalue weighted by atomic mass is 16.9. The van der Waals surface area contributed by atoms with Gasteiger partial charge in [0.15, 0.2) is 6.10 Å². The molecule has 0 radical (unpaired) electrons. The van der Waals surface area contributed by atoms with Crippen molar-refractivity contribution in [3.8, 4) is 0 Å². The zero-order valence-corrected chi connectivity index (χ0v) is 20.5. The summed E-state index contributed by atoms with van der Waals surface area (Å²) in [6.07, 6.45) is 0.0454. The molecular weight excluding hydrogens is 488 g/mol. The summed E-state index contributed by atoms with van der Waals surface area (Å²) in [7, 11) is 0. The number of rotatable bonds is 7. The number of carbonyl (C=O) groups is 3. The molecule has 0 unspecified atom stereocenters. The first-order chi connectivity index (χ1) is 18.4. The normalized spacial score (nSPS) is 16.8. The van der Waals surface area contributed by atoms with E-state index in [1.165, 1.54) is 17.7 Å². The standard InChI is InChI=1S/C29H24N2O7/c1-19(32)30-16-23(22-14-8-9-15-24(22)30)25-26(28(33)36-17-20-10-4-2-5-11-20)31(35)38-27(25)29(34)37-18-21-12-6-3-7-13-21/h2-16,25,27H,17-18H2,1H3/t25-,27+/m0/s1. The smallest absolute Gasteiger partial charge is 0.406 e. The molecule has 4 aromatic rings. The van der Waals surface area contributed by atoms with Gasteiger partial charge in [-0.25, -0.2) is 4.79 Å². The Morgan fingerprint density at radius 3 is 2.08 bits per heavy atom. The maximum atomic E-state index is 13.2. The van der Waals surface area contributed by atoms with Crippen molar-refractivity contribution in [1.82, 2.24) is 4.57 Å². The first-order valence-corrected chi connectivity index (χ1v) is 12.0. The van der Waals surface area contributed by atoms with Crippen LogP contribution in [0.2, 0.25) is 0 Å². The average molecular weight is 513 g/mol. The number of nitrogens with zero attached hydrogens (tertiary/aromatic N) is 2. The predicted octanol–water partition coefficient (Wildman–Crippen LogP) is 4.14. The van der Waals surface area contributed by atoms with Gasteiger partial charge in [0.25, 0.3) is 0 Å². The summed E-state index contributed by atoms with van der Waals surface area (Å²) in [6, 6.07) is 25.0. The average Bonchev–Trinajstić information content (AvgIpc) is 3.49. The summed E-state index contributed by atoms with van der Waals surface area (Å²) in [4.78, 5) is 44.2. The maximum Gasteiger partial charge on any atom is 0.406 e. The first kappa shape index (κ1) is 24.8. The summed E-state index contributed by atoms with van der Waals surface area (Å²) in [6.45, 7) is 1.27. The monoisotopic (exact) mass is 512 g/mol. The molecule has 2 atom stereocenters. The highest BCUT2D eigenvalue weighted by molar-refractivity contribution is 6.37. The molecular formula is C29H24N2O7. The third kappa shape index (κ3) is 4.86. The van der Waals surface area contributed by atoms with Crippen LogP contribution in [-0.2, 0) is 37.1 Å². The van der Waals surface area contributed by atoms with Gasteiger partial charge in [-0.2, -0.15) is 0 Å². The lowest BCUT2D eigenvalue weighted by Gasteiger charge is -2.17. The molecule has 1 aromatic heterocycles. The van der Waals surface area contributed by atoms with Gasteiger partial charge in [0.1, 0.15) is 19.1 Å². The van der Waals surface area contributed by atoms with Gasteiger partial charge in [0, 0.05) is 18.5 Å². The predicted molar refractivity (Wildman–Crippen MR) is 137 cm³/mol. The van der Waals surface area contributed by atoms with Crippen LogP contribution < -0.4 is 0 Å². The number of carbonyl (C=O) groups excluding carboxylic acids is 3. The molecule has 0 saturated carbocycles. The highest BCUT2D eigenvalue weighted by Gasteiger charge is 2.51. The molecule has 192 valence electrons. The zero-order valence-electron chi connectivity index (χ0n) is 20.5. The second-order valence-corrected chi connectivity index (χ2v) is 8.79. The number of hydrogen-bond acceptors (Lipinski definition) is 7. The van der Waals surface area contributed by atoms with Gasteiger partial charge < -0.3 is 14.3 Å². The van der Waals surface area contributed by atoms with Gasteiger partial charge in [-0.3, -0.25) is 19.4 Å². The summed E-state index contributed by atoms with van der Waals surface area (Å²) in [5, 5.41) is 13.5. The van der Waals surface area contributed by atoms with Crippen molar-refractivity contribution >= 4 is 34.5 Å². The van der Waals surface area contributed by atoms with Crippen molar-refractivity contribution in [2.45, 2.75) is 32.2 Å². The van der Waals surface area contributed by atoms with E-state index in [1.54, 1.807) is 60.7 Å². The molecule has 38 heavy (non-hydrogen) atoms. The van der Waals surface area contributed by atoms with Crippen LogP contribution >= 0.6 is 0 Å². The van der Waals surface area contributed by atoms with E-state index in [0.717, 1.165) is 11.1 Å². The maximum absolute atomic E-state index is 13.2. The van der Waals surface area contributed by atoms with Crippen LogP contribution in [0.4, 0.5) is 0 Å². The number of ether oxygens (including phenoxy) is 2. The number of fused-ring (bicyclic) bond motifs is 1. The molecule has 5 rings (SSSR count). The van der Waals surface area contributed by atoms with Crippen LogP contribution in [0.3, 0.4) is 0 Å². The van der Waals surface area contributed by atoms with Crippen LogP contribution in [0.25, 0.3) is 10.9 Å². The fourth-order valence-corrected chi connectivity index (χ4v) is 4.49. The van der Waals surface area contributed by atoms with Crippen LogP contribution in [-0.4, -0.2) is 39.1 Å². The Labute approximate surface area is 218 Å². The van der Waals surface area contributed by atoms with Gasteiger partial charge >= 0.3 is 17.7 Å². The molecule has 0 spiro atoms.